The van der Waals surface area contributed by atoms with Crippen molar-refractivity contribution in [1.82, 2.24) is 9.78 Å². The summed E-state index contributed by atoms with van der Waals surface area (Å²) in [6, 6.07) is 0. The maximum atomic E-state index is 10.0. The fourth-order valence-corrected chi connectivity index (χ4v) is 2.75. The van der Waals surface area contributed by atoms with Crippen LogP contribution in [0.5, 0.6) is 0 Å². The highest BCUT2D eigenvalue weighted by atomic mass is 16.3. The molecule has 0 aliphatic heterocycles. The van der Waals surface area contributed by atoms with Gasteiger partial charge in [-0.05, 0) is 31.2 Å². The fourth-order valence-electron chi connectivity index (χ4n) is 2.75. The molecule has 90 valence electrons. The lowest BCUT2D eigenvalue weighted by Gasteiger charge is -2.31. The molecule has 0 spiro atoms. The molecule has 16 heavy (non-hydrogen) atoms. The molecular weight excluding hydrogens is 202 g/mol. The summed E-state index contributed by atoms with van der Waals surface area (Å²) < 4.78 is 1.82. The Balaban J connectivity index is 1.97. The van der Waals surface area contributed by atoms with Crippen LogP contribution in [0.2, 0.25) is 0 Å². The van der Waals surface area contributed by atoms with E-state index in [0.29, 0.717) is 6.54 Å². The first-order chi connectivity index (χ1) is 7.66. The molecule has 1 heterocycles. The maximum Gasteiger partial charge on any atom is 0.0608 e. The lowest BCUT2D eigenvalue weighted by atomic mass is 9.79. The third kappa shape index (κ3) is 2.13. The average molecular weight is 223 g/mol. The van der Waals surface area contributed by atoms with Crippen LogP contribution in [0.25, 0.3) is 0 Å². The number of aliphatic hydroxyl groups excluding tert-OH is 1. The summed E-state index contributed by atoms with van der Waals surface area (Å²) in [6.45, 7) is 0.592. The minimum absolute atomic E-state index is 0.0458. The van der Waals surface area contributed by atoms with Gasteiger partial charge in [-0.1, -0.05) is 6.42 Å². The van der Waals surface area contributed by atoms with Crippen LogP contribution in [-0.2, 0) is 13.5 Å². The van der Waals surface area contributed by atoms with Crippen LogP contribution in [0.1, 0.15) is 31.2 Å². The Morgan fingerprint density at radius 2 is 2.50 bits per heavy atom. The standard InChI is InChI=1S/C12H21N3O/c1-15-8-10(7-14-15)4-6-12(9-13)5-2-3-11(12)16/h7-8,11,16H,2-6,9,13H2,1H3. The number of hydrogen-bond acceptors (Lipinski definition) is 3. The summed E-state index contributed by atoms with van der Waals surface area (Å²) in [5.74, 6) is 0. The van der Waals surface area contributed by atoms with Crippen molar-refractivity contribution in [1.29, 1.82) is 0 Å². The smallest absolute Gasteiger partial charge is 0.0608 e. The number of nitrogens with two attached hydrogens (primary N) is 1. The molecule has 1 aromatic rings. The molecule has 4 heteroatoms. The molecule has 1 aliphatic carbocycles. The molecule has 3 N–H and O–H groups in total. The van der Waals surface area contributed by atoms with Crippen molar-refractivity contribution in [2.75, 3.05) is 6.54 Å². The Morgan fingerprint density at radius 1 is 1.69 bits per heavy atom. The quantitative estimate of drug-likeness (QED) is 0.795. The zero-order chi connectivity index (χ0) is 11.6. The molecular formula is C12H21N3O. The number of aryl methyl sites for hydroxylation is 2. The van der Waals surface area contributed by atoms with Gasteiger partial charge < -0.3 is 10.8 Å². The fraction of sp³-hybridized carbons (Fsp3) is 0.750. The van der Waals surface area contributed by atoms with Gasteiger partial charge in [0.2, 0.25) is 0 Å². The van der Waals surface area contributed by atoms with E-state index in [1.807, 2.05) is 24.1 Å². The zero-order valence-electron chi connectivity index (χ0n) is 9.89. The lowest BCUT2D eigenvalue weighted by Crippen LogP contribution is -2.38. The van der Waals surface area contributed by atoms with Crippen LogP contribution in [0.4, 0.5) is 0 Å². The maximum absolute atomic E-state index is 10.0. The minimum atomic E-state index is -0.214. The second-order valence-electron chi connectivity index (χ2n) is 5.00. The van der Waals surface area contributed by atoms with Crippen LogP contribution >= 0.6 is 0 Å². The molecule has 1 aromatic heterocycles. The Morgan fingerprint density at radius 3 is 3.00 bits per heavy atom. The second kappa shape index (κ2) is 4.55. The summed E-state index contributed by atoms with van der Waals surface area (Å²) in [7, 11) is 1.92. The highest BCUT2D eigenvalue weighted by molar-refractivity contribution is 5.06. The van der Waals surface area contributed by atoms with Gasteiger partial charge in [-0.25, -0.2) is 0 Å². The Bertz CT molecular complexity index is 350. The van der Waals surface area contributed by atoms with Gasteiger partial charge in [0.15, 0.2) is 0 Å². The topological polar surface area (TPSA) is 64.1 Å². The van der Waals surface area contributed by atoms with Gasteiger partial charge in [0.05, 0.1) is 12.3 Å². The molecule has 1 saturated carbocycles. The van der Waals surface area contributed by atoms with E-state index in [4.69, 9.17) is 5.73 Å². The zero-order valence-corrected chi connectivity index (χ0v) is 9.89. The van der Waals surface area contributed by atoms with Gasteiger partial charge in [-0.3, -0.25) is 4.68 Å². The van der Waals surface area contributed by atoms with E-state index in [1.54, 1.807) is 0 Å². The number of nitrogens with zero attached hydrogens (tertiary/aromatic N) is 2. The highest BCUT2D eigenvalue weighted by Crippen LogP contribution is 2.41. The monoisotopic (exact) mass is 223 g/mol. The molecule has 2 rings (SSSR count). The van der Waals surface area contributed by atoms with Crippen molar-refractivity contribution in [3.63, 3.8) is 0 Å². The molecule has 0 aromatic carbocycles. The largest absolute Gasteiger partial charge is 0.393 e. The van der Waals surface area contributed by atoms with E-state index in [1.165, 1.54) is 5.56 Å². The minimum Gasteiger partial charge on any atom is -0.393 e. The van der Waals surface area contributed by atoms with E-state index in [2.05, 4.69) is 5.10 Å². The van der Waals surface area contributed by atoms with Gasteiger partial charge in [0.25, 0.3) is 0 Å². The number of hydrogen-bond donors (Lipinski definition) is 2. The number of aliphatic hydroxyl groups is 1. The number of aromatic nitrogens is 2. The average Bonchev–Trinajstić information content (AvgIpc) is 2.83. The van der Waals surface area contributed by atoms with Crippen molar-refractivity contribution in [3.05, 3.63) is 18.0 Å². The van der Waals surface area contributed by atoms with Gasteiger partial charge in [-0.15, -0.1) is 0 Å². The first-order valence-corrected chi connectivity index (χ1v) is 6.02. The van der Waals surface area contributed by atoms with Crippen LogP contribution in [0.3, 0.4) is 0 Å². The van der Waals surface area contributed by atoms with Gasteiger partial charge in [0.1, 0.15) is 0 Å². The molecule has 0 amide bonds. The van der Waals surface area contributed by atoms with Gasteiger partial charge in [-0.2, -0.15) is 5.10 Å². The van der Waals surface area contributed by atoms with Crippen molar-refractivity contribution in [3.8, 4) is 0 Å². The van der Waals surface area contributed by atoms with Crippen LogP contribution in [0.15, 0.2) is 12.4 Å². The van der Waals surface area contributed by atoms with E-state index < -0.39 is 0 Å². The molecule has 0 bridgehead atoms. The van der Waals surface area contributed by atoms with Crippen molar-refractivity contribution in [2.24, 2.45) is 18.2 Å². The normalized spacial score (nSPS) is 29.8. The van der Waals surface area contributed by atoms with Crippen molar-refractivity contribution >= 4 is 0 Å². The third-order valence-electron chi connectivity index (χ3n) is 3.94. The summed E-state index contributed by atoms with van der Waals surface area (Å²) in [5.41, 5.74) is 7.03. The molecule has 0 radical (unpaired) electrons. The SMILES string of the molecule is Cn1cc(CCC2(CN)CCCC2O)cn1. The molecule has 1 fully saturated rings. The molecule has 2 unspecified atom stereocenters. The van der Waals surface area contributed by atoms with Crippen molar-refractivity contribution in [2.45, 2.75) is 38.2 Å². The van der Waals surface area contributed by atoms with Crippen molar-refractivity contribution < 1.29 is 5.11 Å². The Kier molecular flexibility index (Phi) is 3.30. The van der Waals surface area contributed by atoms with Gasteiger partial charge in [0, 0.05) is 25.2 Å². The lowest BCUT2D eigenvalue weighted by molar-refractivity contribution is 0.0523. The first kappa shape index (κ1) is 11.6. The molecule has 0 saturated heterocycles. The van der Waals surface area contributed by atoms with E-state index in [-0.39, 0.29) is 11.5 Å². The third-order valence-corrected chi connectivity index (χ3v) is 3.94. The summed E-state index contributed by atoms with van der Waals surface area (Å²) in [5, 5.41) is 14.2. The summed E-state index contributed by atoms with van der Waals surface area (Å²) in [4.78, 5) is 0. The summed E-state index contributed by atoms with van der Waals surface area (Å²) >= 11 is 0. The van der Waals surface area contributed by atoms with E-state index in [9.17, 15) is 5.11 Å². The predicted molar refractivity (Wildman–Crippen MR) is 62.9 cm³/mol. The van der Waals surface area contributed by atoms with E-state index in [0.717, 1.165) is 32.1 Å². The van der Waals surface area contributed by atoms with Crippen LogP contribution in [-0.4, -0.2) is 27.5 Å². The van der Waals surface area contributed by atoms with Gasteiger partial charge >= 0.3 is 0 Å². The number of rotatable bonds is 4. The summed E-state index contributed by atoms with van der Waals surface area (Å²) in [6.07, 6.45) is 8.71. The first-order valence-electron chi connectivity index (χ1n) is 6.02. The molecule has 1 aliphatic rings. The molecule has 2 atom stereocenters. The predicted octanol–water partition coefficient (Wildman–Crippen LogP) is 0.843. The molecule has 4 nitrogen and oxygen atoms in total. The van der Waals surface area contributed by atoms with Crippen LogP contribution in [0, 0.1) is 5.41 Å². The second-order valence-corrected chi connectivity index (χ2v) is 5.00. The Labute approximate surface area is 96.5 Å². The highest BCUT2D eigenvalue weighted by Gasteiger charge is 2.40. The Hall–Kier alpha value is -0.870. The van der Waals surface area contributed by atoms with Crippen LogP contribution < -0.4 is 5.73 Å². The van der Waals surface area contributed by atoms with E-state index >= 15 is 0 Å².